The Kier molecular flexibility index (Phi) is 9.11. The number of rotatable bonds is 9. The van der Waals surface area contributed by atoms with Gasteiger partial charge in [-0.3, -0.25) is 9.59 Å². The van der Waals surface area contributed by atoms with Gasteiger partial charge < -0.3 is 29.9 Å². The summed E-state index contributed by atoms with van der Waals surface area (Å²) in [5.41, 5.74) is 2.07. The first-order chi connectivity index (χ1) is 20.0. The van der Waals surface area contributed by atoms with Gasteiger partial charge in [0.1, 0.15) is 17.6 Å². The van der Waals surface area contributed by atoms with Crippen LogP contribution in [0, 0.1) is 13.8 Å². The van der Waals surface area contributed by atoms with Crippen LogP contribution >= 0.6 is 0 Å². The molecule has 2 heterocycles. The average molecular weight is 587 g/mol. The van der Waals surface area contributed by atoms with Crippen molar-refractivity contribution in [3.8, 4) is 11.5 Å². The Hall–Kier alpha value is -3.14. The zero-order valence-electron chi connectivity index (χ0n) is 25.0. The monoisotopic (exact) mass is 586 g/mol. The van der Waals surface area contributed by atoms with Crippen molar-refractivity contribution in [1.29, 1.82) is 0 Å². The molecule has 42 heavy (non-hydrogen) atoms. The number of piperidine rings is 1. The second-order valence-corrected chi connectivity index (χ2v) is 12.3. The number of carbonyl (C=O) groups excluding carboxylic acids is 1. The molecule has 2 saturated carbocycles. The van der Waals surface area contributed by atoms with Crippen LogP contribution in [0.5, 0.6) is 11.5 Å². The van der Waals surface area contributed by atoms with Gasteiger partial charge in [-0.1, -0.05) is 6.42 Å². The third-order valence-electron chi connectivity index (χ3n) is 9.33. The lowest BCUT2D eigenvalue weighted by Gasteiger charge is -2.44. The normalized spacial score (nSPS) is 22.8. The Morgan fingerprint density at radius 2 is 1.83 bits per heavy atom. The van der Waals surface area contributed by atoms with Crippen LogP contribution in [-0.4, -0.2) is 64.6 Å². The van der Waals surface area contributed by atoms with E-state index in [2.05, 4.69) is 20.1 Å². The summed E-state index contributed by atoms with van der Waals surface area (Å²) in [5, 5.41) is 13.1. The summed E-state index contributed by atoms with van der Waals surface area (Å²) in [5.74, 6) is -2.62. The number of likely N-dealkylation sites (tertiary alicyclic amines) is 1. The highest BCUT2D eigenvalue weighted by Gasteiger charge is 2.38. The van der Waals surface area contributed by atoms with Gasteiger partial charge >= 0.3 is 0 Å². The number of aryl methyl sites for hydroxylation is 1. The molecule has 0 atom stereocenters. The van der Waals surface area contributed by atoms with Crippen molar-refractivity contribution in [2.45, 2.75) is 109 Å². The molecule has 8 nitrogen and oxygen atoms in total. The maximum absolute atomic E-state index is 14.0. The van der Waals surface area contributed by atoms with Crippen LogP contribution in [0.15, 0.2) is 23.0 Å². The number of ether oxygens (including phenoxy) is 1. The highest BCUT2D eigenvalue weighted by molar-refractivity contribution is 5.97. The first-order valence-corrected chi connectivity index (χ1v) is 15.4. The zero-order chi connectivity index (χ0) is 30.0. The molecule has 0 radical (unpaired) electrons. The van der Waals surface area contributed by atoms with Crippen LogP contribution < -0.4 is 20.5 Å². The molecule has 10 heteroatoms. The van der Waals surface area contributed by atoms with Gasteiger partial charge in [0, 0.05) is 67.3 Å². The third-order valence-corrected chi connectivity index (χ3v) is 9.33. The van der Waals surface area contributed by atoms with E-state index in [1.165, 1.54) is 25.3 Å². The van der Waals surface area contributed by atoms with E-state index < -0.39 is 17.4 Å². The smallest absolute Gasteiger partial charge is 0.256 e. The van der Waals surface area contributed by atoms with Gasteiger partial charge in [0.25, 0.3) is 11.5 Å². The van der Waals surface area contributed by atoms with Crippen molar-refractivity contribution < 1.29 is 23.4 Å². The van der Waals surface area contributed by atoms with Crippen molar-refractivity contribution >= 4 is 11.6 Å². The molecular weight excluding hydrogens is 542 g/mol. The maximum atomic E-state index is 14.0. The highest BCUT2D eigenvalue weighted by atomic mass is 19.3. The molecule has 1 amide bonds. The van der Waals surface area contributed by atoms with Crippen LogP contribution in [-0.2, 0) is 6.54 Å². The minimum absolute atomic E-state index is 0.0508. The number of aromatic amines is 1. The van der Waals surface area contributed by atoms with E-state index in [0.717, 1.165) is 37.2 Å². The number of benzene rings is 1. The molecule has 1 aromatic carbocycles. The molecule has 0 spiro atoms. The second-order valence-electron chi connectivity index (χ2n) is 12.3. The number of alkyl halides is 2. The van der Waals surface area contributed by atoms with E-state index in [4.69, 9.17) is 4.74 Å². The van der Waals surface area contributed by atoms with E-state index in [-0.39, 0.29) is 42.8 Å². The van der Waals surface area contributed by atoms with Gasteiger partial charge in [-0.05, 0) is 77.2 Å². The molecule has 3 aliphatic rings. The van der Waals surface area contributed by atoms with E-state index in [1.807, 2.05) is 19.9 Å². The molecule has 0 unspecified atom stereocenters. The van der Waals surface area contributed by atoms with E-state index >= 15 is 0 Å². The molecule has 3 N–H and O–H groups in total. The first-order valence-electron chi connectivity index (χ1n) is 15.4. The average Bonchev–Trinajstić information content (AvgIpc) is 2.92. The predicted molar refractivity (Wildman–Crippen MR) is 159 cm³/mol. The van der Waals surface area contributed by atoms with Gasteiger partial charge in [0.2, 0.25) is 5.92 Å². The molecule has 2 aliphatic carbocycles. The molecule has 1 aromatic heterocycles. The van der Waals surface area contributed by atoms with E-state index in [1.54, 1.807) is 13.0 Å². The SMILES string of the molecule is CCN(c1cc(O[C@H]2C[C@H](N3CCCCC3)C2)cc(C(=O)NCc2c(O)cc(C)[nH]c2=O)c1C)C1CCC(F)(F)CC1. The van der Waals surface area contributed by atoms with Crippen molar-refractivity contribution in [3.05, 3.63) is 50.9 Å². The molecule has 1 aliphatic heterocycles. The zero-order valence-corrected chi connectivity index (χ0v) is 25.0. The number of aromatic hydroxyl groups is 1. The Morgan fingerprint density at radius 1 is 1.14 bits per heavy atom. The van der Waals surface area contributed by atoms with Crippen LogP contribution in [0.25, 0.3) is 0 Å². The fourth-order valence-corrected chi connectivity index (χ4v) is 6.78. The molecular formula is C32H44F2N4O4. The van der Waals surface area contributed by atoms with Gasteiger partial charge in [0.15, 0.2) is 0 Å². The van der Waals surface area contributed by atoms with Gasteiger partial charge in [-0.2, -0.15) is 0 Å². The van der Waals surface area contributed by atoms with E-state index in [0.29, 0.717) is 42.4 Å². The first kappa shape index (κ1) is 30.3. The Bertz CT molecular complexity index is 1320. The lowest BCUT2D eigenvalue weighted by molar-refractivity contribution is -0.0380. The van der Waals surface area contributed by atoms with Crippen molar-refractivity contribution in [2.24, 2.45) is 0 Å². The number of aromatic nitrogens is 1. The Balaban J connectivity index is 1.38. The summed E-state index contributed by atoms with van der Waals surface area (Å²) >= 11 is 0. The Morgan fingerprint density at radius 3 is 2.48 bits per heavy atom. The van der Waals surface area contributed by atoms with Crippen molar-refractivity contribution in [2.75, 3.05) is 24.5 Å². The summed E-state index contributed by atoms with van der Waals surface area (Å²) in [4.78, 5) is 33.3. The number of H-pyrrole nitrogens is 1. The highest BCUT2D eigenvalue weighted by Crippen LogP contribution is 2.40. The molecule has 1 saturated heterocycles. The summed E-state index contributed by atoms with van der Waals surface area (Å²) in [6.45, 7) is 8.28. The van der Waals surface area contributed by atoms with Gasteiger partial charge in [-0.15, -0.1) is 0 Å². The summed E-state index contributed by atoms with van der Waals surface area (Å²) < 4.78 is 34.4. The largest absolute Gasteiger partial charge is 0.507 e. The number of nitrogens with zero attached hydrogens (tertiary/aromatic N) is 2. The van der Waals surface area contributed by atoms with Crippen LogP contribution in [0.1, 0.15) is 91.9 Å². The second kappa shape index (κ2) is 12.6. The lowest BCUT2D eigenvalue weighted by Crippen LogP contribution is -2.50. The fraction of sp³-hybridized carbons (Fsp3) is 0.625. The van der Waals surface area contributed by atoms with Crippen molar-refractivity contribution in [3.63, 3.8) is 0 Å². The Labute approximate surface area is 246 Å². The maximum Gasteiger partial charge on any atom is 0.256 e. The van der Waals surface area contributed by atoms with Crippen LogP contribution in [0.3, 0.4) is 0 Å². The summed E-state index contributed by atoms with van der Waals surface area (Å²) in [6, 6.07) is 5.61. The quantitative estimate of drug-likeness (QED) is 0.363. The number of hydrogen-bond acceptors (Lipinski definition) is 6. The van der Waals surface area contributed by atoms with Gasteiger partial charge in [0.05, 0.1) is 12.1 Å². The van der Waals surface area contributed by atoms with Gasteiger partial charge in [-0.25, -0.2) is 8.78 Å². The topological polar surface area (TPSA) is 97.9 Å². The van der Waals surface area contributed by atoms with Crippen LogP contribution in [0.4, 0.5) is 14.5 Å². The third kappa shape index (κ3) is 6.74. The summed E-state index contributed by atoms with van der Waals surface area (Å²) in [6.07, 6.45) is 6.17. The number of pyridine rings is 1. The number of anilines is 1. The lowest BCUT2D eigenvalue weighted by atomic mass is 9.86. The number of amides is 1. The minimum atomic E-state index is -2.63. The number of nitrogens with one attached hydrogen (secondary N) is 2. The number of halogens is 2. The minimum Gasteiger partial charge on any atom is -0.507 e. The molecule has 5 rings (SSSR count). The summed E-state index contributed by atoms with van der Waals surface area (Å²) in [7, 11) is 0. The molecule has 0 bridgehead atoms. The number of hydrogen-bond donors (Lipinski definition) is 3. The van der Waals surface area contributed by atoms with E-state index in [9.17, 15) is 23.5 Å². The van der Waals surface area contributed by atoms with Crippen LogP contribution in [0.2, 0.25) is 0 Å². The predicted octanol–water partition coefficient (Wildman–Crippen LogP) is 5.43. The van der Waals surface area contributed by atoms with Crippen molar-refractivity contribution in [1.82, 2.24) is 15.2 Å². The molecule has 3 fully saturated rings. The fourth-order valence-electron chi connectivity index (χ4n) is 6.78. The molecule has 230 valence electrons. The molecule has 2 aromatic rings. The standard InChI is InChI=1S/C32H44F2N4O4/c1-4-38(22-8-10-32(33,34)11-9-22)28-18-25(42-24-15-23(16-24)37-12-6-5-7-13-37)17-26(21(28)3)30(40)35-19-27-29(39)14-20(2)36-31(27)41/h14,17-18,22-24H,4-13,15-16,19H2,1-3H3,(H,35,40)(H2,36,39,41)/t23-,24-. The number of carbonyl (C=O) groups is 1.